The zero-order chi connectivity index (χ0) is 21.5. The Morgan fingerprint density at radius 3 is 2.83 bits per heavy atom. The van der Waals surface area contributed by atoms with Gasteiger partial charge in [-0.25, -0.2) is 9.48 Å². The average molecular weight is 416 g/mol. The van der Waals surface area contributed by atoms with Crippen LogP contribution in [-0.2, 0) is 9.53 Å². The Kier molecular flexibility index (Phi) is 6.94. The first kappa shape index (κ1) is 21.2. The van der Waals surface area contributed by atoms with E-state index in [1.165, 1.54) is 19.4 Å². The Morgan fingerprint density at radius 1 is 1.30 bits per heavy atom. The largest absolute Gasteiger partial charge is 0.464 e. The summed E-state index contributed by atoms with van der Waals surface area (Å²) in [6, 6.07) is 6.07. The van der Waals surface area contributed by atoms with Crippen molar-refractivity contribution >= 4 is 23.3 Å². The fraction of sp³-hybridized carbons (Fsp3) is 0.474. The molecule has 0 unspecified atom stereocenters. The third kappa shape index (κ3) is 5.10. The van der Waals surface area contributed by atoms with Crippen molar-refractivity contribution < 1.29 is 19.2 Å². The Morgan fingerprint density at radius 2 is 2.07 bits per heavy atom. The third-order valence-electron chi connectivity index (χ3n) is 5.09. The van der Waals surface area contributed by atoms with Crippen LogP contribution >= 0.6 is 0 Å². The molecule has 30 heavy (non-hydrogen) atoms. The molecule has 2 N–H and O–H groups in total. The van der Waals surface area contributed by atoms with E-state index in [9.17, 15) is 19.7 Å². The zero-order valence-electron chi connectivity index (χ0n) is 16.6. The normalized spacial score (nSPS) is 18.4. The summed E-state index contributed by atoms with van der Waals surface area (Å²) >= 11 is 0. The van der Waals surface area contributed by atoms with Crippen LogP contribution in [-0.4, -0.2) is 51.5 Å². The summed E-state index contributed by atoms with van der Waals surface area (Å²) in [4.78, 5) is 34.7. The molecular formula is C19H24N6O5. The van der Waals surface area contributed by atoms with Crippen LogP contribution in [0.3, 0.4) is 0 Å². The highest BCUT2D eigenvalue weighted by Crippen LogP contribution is 2.28. The summed E-state index contributed by atoms with van der Waals surface area (Å²) in [5.74, 6) is -0.718. The van der Waals surface area contributed by atoms with Gasteiger partial charge in [0.25, 0.3) is 5.69 Å². The monoisotopic (exact) mass is 416 g/mol. The van der Waals surface area contributed by atoms with Gasteiger partial charge in [-0.05, 0) is 18.9 Å². The van der Waals surface area contributed by atoms with E-state index in [1.807, 2.05) is 0 Å². The molecule has 2 aromatic rings. The second-order valence-electron chi connectivity index (χ2n) is 7.05. The van der Waals surface area contributed by atoms with Crippen molar-refractivity contribution in [3.05, 3.63) is 46.3 Å². The number of para-hydroxylation sites is 2. The standard InChI is InChI=1S/C19H24N6O5/c1-30-19(27)15-12-24(23-22-15)16-8-4-3-7-14(16)21-18(26)10-11-20-13-6-2-5-9-17(13)25(28)29/h2,5-6,9,12,14,16,20H,3-4,7-8,10-11H2,1H3,(H,21,26)/t14-,16-/m0/s1. The molecule has 0 saturated heterocycles. The van der Waals surface area contributed by atoms with Crippen molar-refractivity contribution in [1.82, 2.24) is 20.3 Å². The fourth-order valence-electron chi connectivity index (χ4n) is 3.61. The van der Waals surface area contributed by atoms with Crippen molar-refractivity contribution in [3.63, 3.8) is 0 Å². The summed E-state index contributed by atoms with van der Waals surface area (Å²) in [5.41, 5.74) is 0.475. The van der Waals surface area contributed by atoms with Gasteiger partial charge in [-0.1, -0.05) is 30.2 Å². The first-order valence-electron chi connectivity index (χ1n) is 9.76. The van der Waals surface area contributed by atoms with Gasteiger partial charge >= 0.3 is 5.97 Å². The smallest absolute Gasteiger partial charge is 0.360 e. The Balaban J connectivity index is 1.56. The summed E-state index contributed by atoms with van der Waals surface area (Å²) in [5, 5.41) is 24.9. The number of hydrogen-bond acceptors (Lipinski definition) is 8. The molecule has 11 heteroatoms. The number of rotatable bonds is 8. The molecule has 0 spiro atoms. The molecule has 1 aromatic carbocycles. The number of amides is 1. The summed E-state index contributed by atoms with van der Waals surface area (Å²) in [7, 11) is 1.28. The first-order chi connectivity index (χ1) is 14.5. The molecule has 11 nitrogen and oxygen atoms in total. The molecule has 1 amide bonds. The highest BCUT2D eigenvalue weighted by Gasteiger charge is 2.29. The van der Waals surface area contributed by atoms with Crippen molar-refractivity contribution in [1.29, 1.82) is 0 Å². The predicted octanol–water partition coefficient (Wildman–Crippen LogP) is 2.07. The first-order valence-corrected chi connectivity index (χ1v) is 9.76. The lowest BCUT2D eigenvalue weighted by molar-refractivity contribution is -0.384. The number of nitrogens with zero attached hydrogens (tertiary/aromatic N) is 4. The van der Waals surface area contributed by atoms with Gasteiger partial charge in [-0.2, -0.15) is 0 Å². The van der Waals surface area contributed by atoms with Crippen molar-refractivity contribution in [3.8, 4) is 0 Å². The van der Waals surface area contributed by atoms with Crippen LogP contribution in [0.5, 0.6) is 0 Å². The molecular weight excluding hydrogens is 392 g/mol. The van der Waals surface area contributed by atoms with Crippen LogP contribution in [0.15, 0.2) is 30.5 Å². The number of carbonyl (C=O) groups is 2. The van der Waals surface area contributed by atoms with Crippen LogP contribution < -0.4 is 10.6 Å². The minimum absolute atomic E-state index is 0.0298. The van der Waals surface area contributed by atoms with Crippen molar-refractivity contribution in [2.24, 2.45) is 0 Å². The summed E-state index contributed by atoms with van der Waals surface area (Å²) < 4.78 is 6.27. The zero-order valence-corrected chi connectivity index (χ0v) is 16.6. The maximum atomic E-state index is 12.5. The number of aromatic nitrogens is 3. The Bertz CT molecular complexity index is 914. The van der Waals surface area contributed by atoms with Crippen molar-refractivity contribution in [2.45, 2.75) is 44.2 Å². The SMILES string of the molecule is COC(=O)c1cn([C@H]2CCCC[C@@H]2NC(=O)CCNc2ccccc2[N+](=O)[O-])nn1. The van der Waals surface area contributed by atoms with Gasteiger partial charge in [0.05, 0.1) is 30.3 Å². The van der Waals surface area contributed by atoms with Gasteiger partial charge in [-0.3, -0.25) is 14.9 Å². The number of carbonyl (C=O) groups excluding carboxylic acids is 2. The van der Waals surface area contributed by atoms with E-state index in [0.717, 1.165) is 25.7 Å². The van der Waals surface area contributed by atoms with Crippen LogP contribution in [0.2, 0.25) is 0 Å². The Hall–Kier alpha value is -3.50. The summed E-state index contributed by atoms with van der Waals surface area (Å²) in [6.45, 7) is 0.268. The molecule has 2 atom stereocenters. The third-order valence-corrected chi connectivity index (χ3v) is 5.09. The molecule has 1 aliphatic rings. The molecule has 1 fully saturated rings. The number of nitro groups is 1. The van der Waals surface area contributed by atoms with Crippen LogP contribution in [0.1, 0.15) is 48.6 Å². The molecule has 3 rings (SSSR count). The van der Waals surface area contributed by atoms with Gasteiger partial charge < -0.3 is 15.4 Å². The van der Waals surface area contributed by atoms with Gasteiger partial charge in [0.2, 0.25) is 5.91 Å². The quantitative estimate of drug-likeness (QED) is 0.378. The van der Waals surface area contributed by atoms with E-state index in [4.69, 9.17) is 0 Å². The molecule has 0 aliphatic heterocycles. The maximum Gasteiger partial charge on any atom is 0.360 e. The number of ether oxygens (including phenoxy) is 1. The minimum Gasteiger partial charge on any atom is -0.464 e. The van der Waals surface area contributed by atoms with E-state index in [-0.39, 0.29) is 42.3 Å². The van der Waals surface area contributed by atoms with Gasteiger partial charge in [0.15, 0.2) is 5.69 Å². The van der Waals surface area contributed by atoms with E-state index in [1.54, 1.807) is 22.9 Å². The second kappa shape index (κ2) is 9.81. The molecule has 1 heterocycles. The van der Waals surface area contributed by atoms with Crippen LogP contribution in [0.25, 0.3) is 0 Å². The van der Waals surface area contributed by atoms with E-state index < -0.39 is 10.9 Å². The number of benzene rings is 1. The minimum atomic E-state index is -0.557. The fourth-order valence-corrected chi connectivity index (χ4v) is 3.61. The molecule has 0 bridgehead atoms. The van der Waals surface area contributed by atoms with Crippen LogP contribution in [0.4, 0.5) is 11.4 Å². The number of nitro benzene ring substituents is 1. The molecule has 1 saturated carbocycles. The average Bonchev–Trinajstić information content (AvgIpc) is 3.24. The molecule has 1 aromatic heterocycles. The van der Waals surface area contributed by atoms with E-state index >= 15 is 0 Å². The molecule has 1 aliphatic carbocycles. The lowest BCUT2D eigenvalue weighted by atomic mass is 9.90. The Labute approximate surface area is 172 Å². The second-order valence-corrected chi connectivity index (χ2v) is 7.05. The summed E-state index contributed by atoms with van der Waals surface area (Å²) in [6.07, 6.45) is 5.28. The lowest BCUT2D eigenvalue weighted by Gasteiger charge is -2.32. The van der Waals surface area contributed by atoms with Gasteiger partial charge in [0.1, 0.15) is 5.69 Å². The number of nitrogens with one attached hydrogen (secondary N) is 2. The topological polar surface area (TPSA) is 141 Å². The molecule has 160 valence electrons. The lowest BCUT2D eigenvalue weighted by Crippen LogP contribution is -2.43. The van der Waals surface area contributed by atoms with Gasteiger partial charge in [0, 0.05) is 19.0 Å². The van der Waals surface area contributed by atoms with Gasteiger partial charge in [-0.15, -0.1) is 5.10 Å². The number of esters is 1. The molecule has 0 radical (unpaired) electrons. The highest BCUT2D eigenvalue weighted by atomic mass is 16.6. The van der Waals surface area contributed by atoms with E-state index in [2.05, 4.69) is 25.7 Å². The highest BCUT2D eigenvalue weighted by molar-refractivity contribution is 5.86. The van der Waals surface area contributed by atoms with Crippen molar-refractivity contribution in [2.75, 3.05) is 19.0 Å². The number of hydrogen-bond donors (Lipinski definition) is 2. The maximum absolute atomic E-state index is 12.5. The number of methoxy groups -OCH3 is 1. The van der Waals surface area contributed by atoms with E-state index in [0.29, 0.717) is 5.69 Å². The van der Waals surface area contributed by atoms with Crippen LogP contribution in [0, 0.1) is 10.1 Å². The number of anilines is 1. The predicted molar refractivity (Wildman–Crippen MR) is 107 cm³/mol.